The van der Waals surface area contributed by atoms with Gasteiger partial charge in [-0.1, -0.05) is 60.7 Å². The van der Waals surface area contributed by atoms with Crippen molar-refractivity contribution in [1.29, 1.82) is 5.41 Å². The molecule has 3 rings (SSSR count). The van der Waals surface area contributed by atoms with Crippen molar-refractivity contribution in [3.05, 3.63) is 90.0 Å². The first-order valence-corrected chi connectivity index (χ1v) is 7.34. The first kappa shape index (κ1) is 22.8. The Hall–Kier alpha value is -2.21. The van der Waals surface area contributed by atoms with Gasteiger partial charge in [0.25, 0.3) is 0 Å². The number of imidazole rings is 1. The van der Waals surface area contributed by atoms with Crippen molar-refractivity contribution >= 4 is 11.5 Å². The van der Waals surface area contributed by atoms with E-state index in [4.69, 9.17) is 5.41 Å². The molecule has 0 aliphatic carbocycles. The van der Waals surface area contributed by atoms with Crippen LogP contribution in [0.4, 0.5) is 0 Å². The van der Waals surface area contributed by atoms with E-state index < -0.39 is 0 Å². The Morgan fingerprint density at radius 2 is 1.52 bits per heavy atom. The minimum Gasteiger partial charge on any atom is -1.00 e. The van der Waals surface area contributed by atoms with Crippen LogP contribution in [0.2, 0.25) is 0 Å². The van der Waals surface area contributed by atoms with E-state index in [1.807, 2.05) is 55.5 Å². The molecule has 0 aliphatic heterocycles. The number of hydrogen-bond acceptors (Lipinski definition) is 3. The fourth-order valence-electron chi connectivity index (χ4n) is 1.97. The van der Waals surface area contributed by atoms with Gasteiger partial charge < -0.3 is 22.8 Å². The van der Waals surface area contributed by atoms with E-state index in [9.17, 15) is 4.79 Å². The first-order chi connectivity index (χ1) is 11.2. The number of aryl methyl sites for hydroxylation is 1. The number of aromatic amines is 1. The zero-order valence-electron chi connectivity index (χ0n) is 13.7. The zero-order chi connectivity index (χ0) is 16.5. The Morgan fingerprint density at radius 3 is 1.92 bits per heavy atom. The number of benzene rings is 2. The topological polar surface area (TPSA) is 69.6 Å². The third-order valence-electron chi connectivity index (χ3n) is 3.19. The number of aromatic nitrogens is 2. The van der Waals surface area contributed by atoms with Gasteiger partial charge in [-0.15, -0.1) is 0 Å². The average Bonchev–Trinajstić information content (AvgIpc) is 3.08. The van der Waals surface area contributed by atoms with Crippen LogP contribution in [-0.2, 0) is 16.8 Å². The van der Waals surface area contributed by atoms with Gasteiger partial charge in [0.2, 0.25) is 0 Å². The van der Waals surface area contributed by atoms with E-state index in [2.05, 4.69) is 9.97 Å². The summed E-state index contributed by atoms with van der Waals surface area (Å²) in [7, 11) is 0. The summed E-state index contributed by atoms with van der Waals surface area (Å²) >= 11 is 0. The van der Waals surface area contributed by atoms with E-state index in [0.717, 1.165) is 11.4 Å². The van der Waals surface area contributed by atoms with Crippen LogP contribution >= 0.6 is 0 Å². The SMILES string of the molecule is Cc1ncc[nH]1.N=C(CC(=O)c1ccccc1)c1ccccc1.[Cl-].[Co]. The summed E-state index contributed by atoms with van der Waals surface area (Å²) in [6, 6.07) is 18.4. The quantitative estimate of drug-likeness (QED) is 0.508. The van der Waals surface area contributed by atoms with Crippen LogP contribution in [0.5, 0.6) is 0 Å². The molecule has 0 saturated carbocycles. The molecule has 0 unspecified atom stereocenters. The van der Waals surface area contributed by atoms with Crippen LogP contribution in [0, 0.1) is 12.3 Å². The molecule has 0 aliphatic rings. The Morgan fingerprint density at radius 1 is 1.00 bits per heavy atom. The molecule has 2 aromatic carbocycles. The van der Waals surface area contributed by atoms with Crippen molar-refractivity contribution in [2.45, 2.75) is 13.3 Å². The predicted octanol–water partition coefficient (Wildman–Crippen LogP) is 1.05. The molecule has 0 bridgehead atoms. The Bertz CT molecular complexity index is 697. The van der Waals surface area contributed by atoms with Gasteiger partial charge >= 0.3 is 0 Å². The molecule has 4 nitrogen and oxygen atoms in total. The number of H-pyrrole nitrogens is 1. The van der Waals surface area contributed by atoms with Gasteiger partial charge in [0, 0.05) is 40.4 Å². The van der Waals surface area contributed by atoms with E-state index in [0.29, 0.717) is 11.3 Å². The van der Waals surface area contributed by atoms with Gasteiger partial charge in [-0.2, -0.15) is 0 Å². The molecule has 2 N–H and O–H groups in total. The number of carbonyl (C=O) groups excluding carboxylic acids is 1. The molecule has 1 heterocycles. The Kier molecular flexibility index (Phi) is 11.1. The summed E-state index contributed by atoms with van der Waals surface area (Å²) in [6.07, 6.45) is 3.68. The number of ketones is 1. The number of carbonyl (C=O) groups is 1. The summed E-state index contributed by atoms with van der Waals surface area (Å²) < 4.78 is 0. The number of nitrogens with one attached hydrogen (secondary N) is 2. The van der Waals surface area contributed by atoms with Crippen molar-refractivity contribution in [1.82, 2.24) is 9.97 Å². The first-order valence-electron chi connectivity index (χ1n) is 7.34. The number of hydrogen-bond donors (Lipinski definition) is 2. The van der Waals surface area contributed by atoms with Crippen molar-refractivity contribution in [3.63, 3.8) is 0 Å². The molecule has 25 heavy (non-hydrogen) atoms. The van der Waals surface area contributed by atoms with Gasteiger partial charge in [0.15, 0.2) is 5.78 Å². The average molecular weight is 400 g/mol. The van der Waals surface area contributed by atoms with Crippen molar-refractivity contribution in [2.75, 3.05) is 0 Å². The third-order valence-corrected chi connectivity index (χ3v) is 3.19. The van der Waals surface area contributed by atoms with Crippen LogP contribution in [0.1, 0.15) is 28.2 Å². The molecular formula is C19H19ClCoN3O-. The molecule has 6 heteroatoms. The maximum atomic E-state index is 11.9. The molecule has 1 radical (unpaired) electrons. The second-order valence-corrected chi connectivity index (χ2v) is 4.99. The monoisotopic (exact) mass is 399 g/mol. The van der Waals surface area contributed by atoms with Crippen molar-refractivity contribution in [3.8, 4) is 0 Å². The van der Waals surface area contributed by atoms with E-state index in [1.165, 1.54) is 0 Å². The van der Waals surface area contributed by atoms with Crippen LogP contribution in [0.3, 0.4) is 0 Å². The van der Waals surface area contributed by atoms with Crippen LogP contribution in [0.15, 0.2) is 73.1 Å². The largest absolute Gasteiger partial charge is 1.00 e. The number of nitrogens with zero attached hydrogens (tertiary/aromatic N) is 1. The molecular weight excluding hydrogens is 381 g/mol. The molecule has 0 amide bonds. The number of halogens is 1. The van der Waals surface area contributed by atoms with Gasteiger partial charge in [-0.25, -0.2) is 4.98 Å². The number of Topliss-reactive ketones (excluding diaryl/α,β-unsaturated/α-hetero) is 1. The fourth-order valence-corrected chi connectivity index (χ4v) is 1.97. The molecule has 133 valence electrons. The van der Waals surface area contributed by atoms with Crippen molar-refractivity contribution < 1.29 is 34.0 Å². The molecule has 0 fully saturated rings. The molecule has 0 spiro atoms. The smallest absolute Gasteiger partial charge is 0.168 e. The molecule has 0 saturated heterocycles. The van der Waals surface area contributed by atoms with E-state index in [1.54, 1.807) is 24.5 Å². The summed E-state index contributed by atoms with van der Waals surface area (Å²) in [5.41, 5.74) is 1.82. The second-order valence-electron chi connectivity index (χ2n) is 4.99. The van der Waals surface area contributed by atoms with Crippen LogP contribution in [-0.4, -0.2) is 21.5 Å². The third kappa shape index (κ3) is 7.93. The van der Waals surface area contributed by atoms with Crippen LogP contribution in [0.25, 0.3) is 0 Å². The van der Waals surface area contributed by atoms with Gasteiger partial charge in [-0.3, -0.25) is 4.79 Å². The van der Waals surface area contributed by atoms with Gasteiger partial charge in [-0.05, 0) is 12.5 Å². The molecule has 3 aromatic rings. The Balaban J connectivity index is 0.000000616. The predicted molar refractivity (Wildman–Crippen MR) is 92.0 cm³/mol. The fraction of sp³-hybridized carbons (Fsp3) is 0.105. The standard InChI is InChI=1S/C15H13NO.C4H6N2.ClH.Co/c16-14(12-7-3-1-4-8-12)11-15(17)13-9-5-2-6-10-13;1-4-5-2-3-6-4;;/h1-10,16H,11H2;2-3H,1H3,(H,5,6);1H;/p-1. The van der Waals surface area contributed by atoms with Gasteiger partial charge in [0.1, 0.15) is 5.82 Å². The van der Waals surface area contributed by atoms with Gasteiger partial charge in [0.05, 0.1) is 6.42 Å². The van der Waals surface area contributed by atoms with E-state index >= 15 is 0 Å². The summed E-state index contributed by atoms with van der Waals surface area (Å²) in [6.45, 7) is 1.92. The Labute approximate surface area is 164 Å². The minimum absolute atomic E-state index is 0. The molecule has 0 atom stereocenters. The zero-order valence-corrected chi connectivity index (χ0v) is 15.5. The van der Waals surface area contributed by atoms with Crippen molar-refractivity contribution in [2.24, 2.45) is 0 Å². The molecule has 1 aromatic heterocycles. The normalized spacial score (nSPS) is 8.84. The maximum absolute atomic E-state index is 11.9. The maximum Gasteiger partial charge on any atom is 0.168 e. The number of rotatable bonds is 4. The summed E-state index contributed by atoms with van der Waals surface area (Å²) in [5, 5.41) is 7.89. The van der Waals surface area contributed by atoms with Crippen LogP contribution < -0.4 is 12.4 Å². The minimum atomic E-state index is -0.0144. The summed E-state index contributed by atoms with van der Waals surface area (Å²) in [4.78, 5) is 18.6. The second kappa shape index (κ2) is 12.2. The van der Waals surface area contributed by atoms with E-state index in [-0.39, 0.29) is 41.4 Å². The summed E-state index contributed by atoms with van der Waals surface area (Å²) in [5.74, 6) is 0.953.